The quantitative estimate of drug-likeness (QED) is 0.851. The molecule has 0 radical (unpaired) electrons. The van der Waals surface area contributed by atoms with Crippen LogP contribution in [0.25, 0.3) is 0 Å². The average molecular weight is 319 g/mol. The van der Waals surface area contributed by atoms with E-state index >= 15 is 0 Å². The van der Waals surface area contributed by atoms with Crippen molar-refractivity contribution in [1.29, 1.82) is 0 Å². The number of carboxylic acids is 1. The SMILES string of the molecule is CC1(NS(=O)(=O)c2ccc(CC(=O)O)s2)CCOCC1. The molecular formula is C12H17NO5S2. The van der Waals surface area contributed by atoms with Crippen LogP contribution in [0.1, 0.15) is 24.6 Å². The maximum Gasteiger partial charge on any atom is 0.308 e. The van der Waals surface area contributed by atoms with Crippen molar-refractivity contribution in [2.24, 2.45) is 0 Å². The molecule has 1 aliphatic heterocycles. The number of carboxylic acid groups (broad SMARTS) is 1. The largest absolute Gasteiger partial charge is 0.481 e. The zero-order valence-corrected chi connectivity index (χ0v) is 12.7. The Bertz CT molecular complexity index is 587. The molecule has 1 aliphatic rings. The third-order valence-electron chi connectivity index (χ3n) is 3.20. The molecule has 20 heavy (non-hydrogen) atoms. The Morgan fingerprint density at radius 3 is 2.70 bits per heavy atom. The van der Waals surface area contributed by atoms with E-state index in [0.717, 1.165) is 11.3 Å². The van der Waals surface area contributed by atoms with Gasteiger partial charge in [-0.15, -0.1) is 11.3 Å². The summed E-state index contributed by atoms with van der Waals surface area (Å²) in [6.45, 7) is 2.93. The fourth-order valence-corrected chi connectivity index (χ4v) is 4.86. The number of ether oxygens (including phenoxy) is 1. The van der Waals surface area contributed by atoms with Crippen LogP contribution in [0.2, 0.25) is 0 Å². The van der Waals surface area contributed by atoms with Crippen molar-refractivity contribution in [3.05, 3.63) is 17.0 Å². The second-order valence-corrected chi connectivity index (χ2v) is 8.15. The van der Waals surface area contributed by atoms with E-state index in [1.807, 2.05) is 6.92 Å². The van der Waals surface area contributed by atoms with Crippen molar-refractivity contribution >= 4 is 27.3 Å². The highest BCUT2D eigenvalue weighted by Crippen LogP contribution is 2.26. The normalized spacial score (nSPS) is 18.9. The van der Waals surface area contributed by atoms with Gasteiger partial charge >= 0.3 is 5.97 Å². The summed E-state index contributed by atoms with van der Waals surface area (Å²) in [4.78, 5) is 11.1. The first-order chi connectivity index (χ1) is 9.31. The molecule has 0 saturated carbocycles. The molecular weight excluding hydrogens is 302 g/mol. The van der Waals surface area contributed by atoms with Gasteiger partial charge in [-0.2, -0.15) is 0 Å². The lowest BCUT2D eigenvalue weighted by Crippen LogP contribution is -2.49. The topological polar surface area (TPSA) is 92.7 Å². The lowest BCUT2D eigenvalue weighted by molar-refractivity contribution is -0.136. The molecule has 2 N–H and O–H groups in total. The van der Waals surface area contributed by atoms with Gasteiger partial charge in [0, 0.05) is 23.6 Å². The van der Waals surface area contributed by atoms with E-state index in [2.05, 4.69) is 4.72 Å². The second-order valence-electron chi connectivity index (χ2n) is 5.07. The van der Waals surface area contributed by atoms with Gasteiger partial charge in [0.25, 0.3) is 10.0 Å². The van der Waals surface area contributed by atoms with Gasteiger partial charge in [-0.25, -0.2) is 13.1 Å². The minimum Gasteiger partial charge on any atom is -0.481 e. The van der Waals surface area contributed by atoms with Gasteiger partial charge in [0.15, 0.2) is 0 Å². The summed E-state index contributed by atoms with van der Waals surface area (Å²) in [5, 5.41) is 8.71. The highest BCUT2D eigenvalue weighted by molar-refractivity contribution is 7.91. The number of rotatable bonds is 5. The molecule has 1 saturated heterocycles. The van der Waals surface area contributed by atoms with Crippen LogP contribution in [-0.2, 0) is 26.0 Å². The molecule has 8 heteroatoms. The Labute approximate surface area is 121 Å². The highest BCUT2D eigenvalue weighted by Gasteiger charge is 2.33. The smallest absolute Gasteiger partial charge is 0.308 e. The molecule has 0 aliphatic carbocycles. The first-order valence-electron chi connectivity index (χ1n) is 6.23. The Balaban J connectivity index is 2.13. The van der Waals surface area contributed by atoms with Gasteiger partial charge in [0.05, 0.1) is 6.42 Å². The summed E-state index contributed by atoms with van der Waals surface area (Å²) in [7, 11) is -3.61. The Morgan fingerprint density at radius 1 is 1.45 bits per heavy atom. The molecule has 0 unspecified atom stereocenters. The fourth-order valence-electron chi connectivity index (χ4n) is 2.05. The van der Waals surface area contributed by atoms with Crippen LogP contribution in [0.15, 0.2) is 16.3 Å². The van der Waals surface area contributed by atoms with E-state index in [1.165, 1.54) is 6.07 Å². The van der Waals surface area contributed by atoms with E-state index in [1.54, 1.807) is 6.07 Å². The van der Waals surface area contributed by atoms with Crippen molar-refractivity contribution in [2.75, 3.05) is 13.2 Å². The number of thiophene rings is 1. The van der Waals surface area contributed by atoms with E-state index in [0.29, 0.717) is 30.9 Å². The maximum atomic E-state index is 12.3. The van der Waals surface area contributed by atoms with Crippen molar-refractivity contribution < 1.29 is 23.1 Å². The van der Waals surface area contributed by atoms with E-state index < -0.39 is 21.5 Å². The van der Waals surface area contributed by atoms with E-state index in [4.69, 9.17) is 9.84 Å². The summed E-state index contributed by atoms with van der Waals surface area (Å²) in [6, 6.07) is 2.99. The fraction of sp³-hybridized carbons (Fsp3) is 0.583. The predicted octanol–water partition coefficient (Wildman–Crippen LogP) is 1.22. The molecule has 0 amide bonds. The molecule has 1 aromatic heterocycles. The summed E-state index contributed by atoms with van der Waals surface area (Å²) in [5.74, 6) is -0.972. The molecule has 112 valence electrons. The van der Waals surface area contributed by atoms with Crippen molar-refractivity contribution in [2.45, 2.75) is 35.9 Å². The number of carbonyl (C=O) groups is 1. The Kier molecular flexibility index (Phi) is 4.48. The van der Waals surface area contributed by atoms with Crippen molar-refractivity contribution in [3.8, 4) is 0 Å². The first kappa shape index (κ1) is 15.4. The molecule has 6 nitrogen and oxygen atoms in total. The van der Waals surface area contributed by atoms with Gasteiger partial charge in [-0.1, -0.05) is 0 Å². The minimum absolute atomic E-state index is 0.154. The Morgan fingerprint density at radius 2 is 2.10 bits per heavy atom. The average Bonchev–Trinajstić information content (AvgIpc) is 2.77. The first-order valence-corrected chi connectivity index (χ1v) is 8.53. The number of hydrogen-bond donors (Lipinski definition) is 2. The molecule has 1 fully saturated rings. The number of sulfonamides is 1. The van der Waals surface area contributed by atoms with Crippen LogP contribution in [-0.4, -0.2) is 38.2 Å². The number of hydrogen-bond acceptors (Lipinski definition) is 5. The van der Waals surface area contributed by atoms with Gasteiger partial charge in [-0.3, -0.25) is 4.79 Å². The van der Waals surface area contributed by atoms with Crippen LogP contribution in [0.3, 0.4) is 0 Å². The summed E-state index contributed by atoms with van der Waals surface area (Å²) in [5.41, 5.74) is -0.506. The number of aliphatic carboxylic acids is 1. The monoisotopic (exact) mass is 319 g/mol. The maximum absolute atomic E-state index is 12.3. The molecule has 1 aromatic rings. The van der Waals surface area contributed by atoms with Crippen LogP contribution in [0, 0.1) is 0 Å². The van der Waals surface area contributed by atoms with Crippen molar-refractivity contribution in [1.82, 2.24) is 4.72 Å². The van der Waals surface area contributed by atoms with E-state index in [9.17, 15) is 13.2 Å². The third kappa shape index (κ3) is 3.78. The van der Waals surface area contributed by atoms with Gasteiger partial charge in [0.2, 0.25) is 0 Å². The molecule has 2 rings (SSSR count). The predicted molar refractivity (Wildman–Crippen MR) is 74.4 cm³/mol. The van der Waals surface area contributed by atoms with Crippen LogP contribution in [0.4, 0.5) is 0 Å². The van der Waals surface area contributed by atoms with Crippen LogP contribution < -0.4 is 4.72 Å². The number of nitrogens with one attached hydrogen (secondary N) is 1. The summed E-state index contributed by atoms with van der Waals surface area (Å²) >= 11 is 0.993. The summed E-state index contributed by atoms with van der Waals surface area (Å²) < 4.78 is 32.7. The Hall–Kier alpha value is -0.960. The van der Waals surface area contributed by atoms with Gasteiger partial charge < -0.3 is 9.84 Å². The molecule has 0 atom stereocenters. The molecule has 2 heterocycles. The molecule has 0 bridgehead atoms. The lowest BCUT2D eigenvalue weighted by atomic mass is 9.94. The second kappa shape index (κ2) is 5.80. The zero-order valence-electron chi connectivity index (χ0n) is 11.1. The van der Waals surface area contributed by atoms with Gasteiger partial charge in [-0.05, 0) is 31.9 Å². The highest BCUT2D eigenvalue weighted by atomic mass is 32.2. The lowest BCUT2D eigenvalue weighted by Gasteiger charge is -2.33. The van der Waals surface area contributed by atoms with Gasteiger partial charge in [0.1, 0.15) is 4.21 Å². The standard InChI is InChI=1S/C12H17NO5S2/c1-12(4-6-18-7-5-12)13-20(16,17)11-3-2-9(19-11)8-10(14)15/h2-3,13H,4-8H2,1H3,(H,14,15). The van der Waals surface area contributed by atoms with Crippen LogP contribution in [0.5, 0.6) is 0 Å². The molecule has 0 aromatic carbocycles. The molecule has 0 spiro atoms. The van der Waals surface area contributed by atoms with E-state index in [-0.39, 0.29) is 10.6 Å². The third-order valence-corrected chi connectivity index (χ3v) is 6.42. The zero-order chi connectivity index (χ0) is 14.8. The summed E-state index contributed by atoms with van der Waals surface area (Å²) in [6.07, 6.45) is 1.09. The van der Waals surface area contributed by atoms with Crippen molar-refractivity contribution in [3.63, 3.8) is 0 Å². The minimum atomic E-state index is -3.61. The van der Waals surface area contributed by atoms with Crippen LogP contribution >= 0.6 is 11.3 Å².